The highest BCUT2D eigenvalue weighted by Gasteiger charge is 2.24. The Bertz CT molecular complexity index is 395. The highest BCUT2D eigenvalue weighted by Crippen LogP contribution is 2.30. The van der Waals surface area contributed by atoms with Crippen LogP contribution < -0.4 is 9.64 Å². The lowest BCUT2D eigenvalue weighted by molar-refractivity contribution is -0.118. The van der Waals surface area contributed by atoms with Gasteiger partial charge in [-0.3, -0.25) is 4.79 Å². The van der Waals surface area contributed by atoms with Crippen LogP contribution in [0.2, 0.25) is 0 Å². The van der Waals surface area contributed by atoms with Crippen molar-refractivity contribution in [3.05, 3.63) is 24.3 Å². The van der Waals surface area contributed by atoms with Crippen molar-refractivity contribution in [2.45, 2.75) is 13.0 Å². The second-order valence-corrected chi connectivity index (χ2v) is 4.31. The van der Waals surface area contributed by atoms with Crippen LogP contribution in [-0.4, -0.2) is 44.1 Å². The molecule has 1 unspecified atom stereocenters. The normalized spacial score (nSPS) is 20.2. The van der Waals surface area contributed by atoms with E-state index >= 15 is 0 Å². The minimum Gasteiger partial charge on any atom is -0.495 e. The molecule has 4 heteroatoms. The molecule has 17 heavy (non-hydrogen) atoms. The van der Waals surface area contributed by atoms with Gasteiger partial charge in [-0.2, -0.15) is 0 Å². The maximum Gasteiger partial charge on any atom is 0.209 e. The molecule has 0 spiro atoms. The van der Waals surface area contributed by atoms with Crippen LogP contribution in [-0.2, 0) is 4.79 Å². The molecule has 2 rings (SSSR count). The van der Waals surface area contributed by atoms with E-state index in [0.717, 1.165) is 37.5 Å². The molecule has 1 aromatic carbocycles. The number of rotatable bonds is 3. The third kappa shape index (κ3) is 2.35. The number of hydrogen-bond acceptors (Lipinski definition) is 3. The predicted molar refractivity (Wildman–Crippen MR) is 67.4 cm³/mol. The largest absolute Gasteiger partial charge is 0.495 e. The van der Waals surface area contributed by atoms with Crippen molar-refractivity contribution >= 4 is 12.1 Å². The van der Waals surface area contributed by atoms with E-state index in [2.05, 4.69) is 17.9 Å². The van der Waals surface area contributed by atoms with Crippen molar-refractivity contribution in [2.24, 2.45) is 0 Å². The number of piperazine rings is 1. The lowest BCUT2D eigenvalue weighted by Crippen LogP contribution is -2.51. The Morgan fingerprint density at radius 2 is 2.12 bits per heavy atom. The van der Waals surface area contributed by atoms with Gasteiger partial charge in [-0.15, -0.1) is 0 Å². The quantitative estimate of drug-likeness (QED) is 0.740. The number of hydrogen-bond donors (Lipinski definition) is 0. The maximum atomic E-state index is 10.8. The van der Waals surface area contributed by atoms with Gasteiger partial charge in [0.25, 0.3) is 0 Å². The number of carbonyl (C=O) groups is 1. The number of benzene rings is 1. The Hall–Kier alpha value is -1.71. The number of ether oxygens (including phenoxy) is 1. The molecule has 0 saturated carbocycles. The molecule has 1 aliphatic heterocycles. The molecule has 92 valence electrons. The molecule has 0 bridgehead atoms. The van der Waals surface area contributed by atoms with Gasteiger partial charge in [0, 0.05) is 25.7 Å². The maximum absolute atomic E-state index is 10.8. The minimum atomic E-state index is 0.310. The van der Waals surface area contributed by atoms with Crippen LogP contribution in [0.15, 0.2) is 24.3 Å². The predicted octanol–water partition coefficient (Wildman–Crippen LogP) is 1.36. The van der Waals surface area contributed by atoms with Crippen LogP contribution >= 0.6 is 0 Å². The Morgan fingerprint density at radius 1 is 1.35 bits per heavy atom. The highest BCUT2D eigenvalue weighted by molar-refractivity contribution is 5.60. The summed E-state index contributed by atoms with van der Waals surface area (Å²) in [4.78, 5) is 14.9. The summed E-state index contributed by atoms with van der Waals surface area (Å²) in [5, 5.41) is 0. The molecule has 1 fully saturated rings. The average Bonchev–Trinajstić information content (AvgIpc) is 2.38. The fourth-order valence-corrected chi connectivity index (χ4v) is 2.31. The van der Waals surface area contributed by atoms with E-state index in [9.17, 15) is 4.79 Å². The summed E-state index contributed by atoms with van der Waals surface area (Å²) < 4.78 is 5.38. The number of para-hydroxylation sites is 2. The van der Waals surface area contributed by atoms with Crippen molar-refractivity contribution in [3.63, 3.8) is 0 Å². The van der Waals surface area contributed by atoms with Crippen LogP contribution in [0, 0.1) is 0 Å². The molecule has 4 nitrogen and oxygen atoms in total. The summed E-state index contributed by atoms with van der Waals surface area (Å²) >= 11 is 0. The summed E-state index contributed by atoms with van der Waals surface area (Å²) in [6.45, 7) is 4.51. The molecule has 0 aliphatic carbocycles. The molecule has 0 N–H and O–H groups in total. The monoisotopic (exact) mass is 234 g/mol. The highest BCUT2D eigenvalue weighted by atomic mass is 16.5. The van der Waals surface area contributed by atoms with Crippen LogP contribution in [0.3, 0.4) is 0 Å². The van der Waals surface area contributed by atoms with E-state index in [4.69, 9.17) is 4.74 Å². The molecule has 0 aromatic heterocycles. The SMILES string of the molecule is COc1ccccc1N1CCN(C=O)CC1C. The van der Waals surface area contributed by atoms with Crippen molar-refractivity contribution < 1.29 is 9.53 Å². The fraction of sp³-hybridized carbons (Fsp3) is 0.462. The van der Waals surface area contributed by atoms with Gasteiger partial charge in [0.15, 0.2) is 0 Å². The van der Waals surface area contributed by atoms with Gasteiger partial charge in [-0.05, 0) is 19.1 Å². The third-order valence-corrected chi connectivity index (χ3v) is 3.20. The zero-order chi connectivity index (χ0) is 12.3. The van der Waals surface area contributed by atoms with Gasteiger partial charge in [-0.1, -0.05) is 12.1 Å². The number of nitrogens with zero attached hydrogens (tertiary/aromatic N) is 2. The lowest BCUT2D eigenvalue weighted by Gasteiger charge is -2.40. The first-order valence-corrected chi connectivity index (χ1v) is 5.85. The zero-order valence-corrected chi connectivity index (χ0v) is 10.3. The molecule has 0 radical (unpaired) electrons. The first kappa shape index (κ1) is 11.8. The molecule has 1 aliphatic rings. The van der Waals surface area contributed by atoms with Crippen molar-refractivity contribution in [2.75, 3.05) is 31.6 Å². The number of amides is 1. The molecular formula is C13H18N2O2. The molecule has 1 atom stereocenters. The molecule has 1 amide bonds. The standard InChI is InChI=1S/C13H18N2O2/c1-11-9-14(10-16)7-8-15(11)12-5-3-4-6-13(12)17-2/h3-6,10-11H,7-9H2,1-2H3. The molecule has 1 saturated heterocycles. The second-order valence-electron chi connectivity index (χ2n) is 4.31. The summed E-state index contributed by atoms with van der Waals surface area (Å²) in [6.07, 6.45) is 0.927. The van der Waals surface area contributed by atoms with E-state index < -0.39 is 0 Å². The Balaban J connectivity index is 2.20. The van der Waals surface area contributed by atoms with E-state index in [-0.39, 0.29) is 0 Å². The summed E-state index contributed by atoms with van der Waals surface area (Å²) in [7, 11) is 1.69. The van der Waals surface area contributed by atoms with Crippen LogP contribution in [0.25, 0.3) is 0 Å². The van der Waals surface area contributed by atoms with E-state index in [1.54, 1.807) is 7.11 Å². The van der Waals surface area contributed by atoms with Crippen molar-refractivity contribution in [3.8, 4) is 5.75 Å². The number of carbonyl (C=O) groups excluding carboxylic acids is 1. The first-order chi connectivity index (χ1) is 8.26. The average molecular weight is 234 g/mol. The van der Waals surface area contributed by atoms with Crippen molar-refractivity contribution in [1.29, 1.82) is 0 Å². The van der Waals surface area contributed by atoms with Gasteiger partial charge in [-0.25, -0.2) is 0 Å². The molecule has 1 heterocycles. The van der Waals surface area contributed by atoms with Crippen molar-refractivity contribution in [1.82, 2.24) is 4.90 Å². The molecule has 1 aromatic rings. The third-order valence-electron chi connectivity index (χ3n) is 3.20. The number of methoxy groups -OCH3 is 1. The van der Waals surface area contributed by atoms with E-state index in [1.807, 2.05) is 23.1 Å². The Morgan fingerprint density at radius 3 is 2.76 bits per heavy atom. The zero-order valence-electron chi connectivity index (χ0n) is 10.3. The van der Waals surface area contributed by atoms with Gasteiger partial charge >= 0.3 is 0 Å². The van der Waals surface area contributed by atoms with Crippen LogP contribution in [0.5, 0.6) is 5.75 Å². The minimum absolute atomic E-state index is 0.310. The topological polar surface area (TPSA) is 32.8 Å². The smallest absolute Gasteiger partial charge is 0.209 e. The lowest BCUT2D eigenvalue weighted by atomic mass is 10.1. The Kier molecular flexibility index (Phi) is 3.52. The number of anilines is 1. The summed E-state index contributed by atoms with van der Waals surface area (Å²) in [5.41, 5.74) is 1.10. The molecular weight excluding hydrogens is 216 g/mol. The van der Waals surface area contributed by atoms with Gasteiger partial charge < -0.3 is 14.5 Å². The first-order valence-electron chi connectivity index (χ1n) is 5.85. The van der Waals surface area contributed by atoms with Crippen LogP contribution in [0.4, 0.5) is 5.69 Å². The van der Waals surface area contributed by atoms with Gasteiger partial charge in [0.1, 0.15) is 5.75 Å². The fourth-order valence-electron chi connectivity index (χ4n) is 2.31. The summed E-state index contributed by atoms with van der Waals surface area (Å²) in [6, 6.07) is 8.32. The van der Waals surface area contributed by atoms with Gasteiger partial charge in [0.2, 0.25) is 6.41 Å². The van der Waals surface area contributed by atoms with E-state index in [1.165, 1.54) is 0 Å². The van der Waals surface area contributed by atoms with Gasteiger partial charge in [0.05, 0.1) is 12.8 Å². The Labute approximate surface area is 102 Å². The van der Waals surface area contributed by atoms with Crippen LogP contribution in [0.1, 0.15) is 6.92 Å². The summed E-state index contributed by atoms with van der Waals surface area (Å²) in [5.74, 6) is 0.888. The second kappa shape index (κ2) is 5.08. The van der Waals surface area contributed by atoms with E-state index in [0.29, 0.717) is 6.04 Å².